The summed E-state index contributed by atoms with van der Waals surface area (Å²) in [6.45, 7) is 37.7. The third-order valence-corrected chi connectivity index (χ3v) is 8.54. The van der Waals surface area contributed by atoms with E-state index in [-0.39, 0.29) is 19.4 Å². The van der Waals surface area contributed by atoms with Crippen LogP contribution >= 0.6 is 0 Å². The third-order valence-electron chi connectivity index (χ3n) is 8.54. The van der Waals surface area contributed by atoms with Crippen LogP contribution in [0.4, 0.5) is 0 Å². The van der Waals surface area contributed by atoms with Gasteiger partial charge < -0.3 is 9.84 Å². The molecule has 0 saturated carbocycles. The van der Waals surface area contributed by atoms with Gasteiger partial charge in [-0.25, -0.2) is 0 Å². The maximum Gasteiger partial charge on any atom is 0.122 e. The number of pyridine rings is 1. The molecule has 54 heavy (non-hydrogen) atoms. The van der Waals surface area contributed by atoms with Crippen molar-refractivity contribution in [3.05, 3.63) is 88.9 Å². The molecule has 1 aliphatic carbocycles. The van der Waals surface area contributed by atoms with Gasteiger partial charge >= 0.3 is 0 Å². The quantitative estimate of drug-likeness (QED) is 0.155. The summed E-state index contributed by atoms with van der Waals surface area (Å²) in [4.78, 5) is 13.6. The number of rotatable bonds is 14. The summed E-state index contributed by atoms with van der Waals surface area (Å²) in [5.74, 6) is 3.24. The van der Waals surface area contributed by atoms with Crippen molar-refractivity contribution in [2.45, 2.75) is 176 Å². The summed E-state index contributed by atoms with van der Waals surface area (Å²) in [6, 6.07) is 10.7. The SMILES string of the molecule is C.C#CC.C=CN=C(C)C1=C(C)CCC(c2ccc(CO)nc2)=C1.CC.CC.CC.CCCC(C)(CCC)C(C)=NC(C)Cc1ccc(OCC)c(C)c1. The van der Waals surface area contributed by atoms with Crippen molar-refractivity contribution >= 4 is 17.0 Å². The molecule has 1 aromatic carbocycles. The Hall–Kier alpha value is -3.75. The third kappa shape index (κ3) is 21.8. The first-order valence-corrected chi connectivity index (χ1v) is 20.2. The second kappa shape index (κ2) is 35.0. The summed E-state index contributed by atoms with van der Waals surface area (Å²) >= 11 is 0. The van der Waals surface area contributed by atoms with Gasteiger partial charge in [0.1, 0.15) is 5.75 Å². The first kappa shape index (κ1) is 57.0. The number of allylic oxidation sites excluding steroid dienone is 4. The van der Waals surface area contributed by atoms with Gasteiger partial charge in [-0.05, 0) is 127 Å². The maximum atomic E-state index is 9.04. The molecular formula is C49H83N3O2. The molecule has 1 atom stereocenters. The Balaban J connectivity index is -0.000000379. The highest BCUT2D eigenvalue weighted by Crippen LogP contribution is 2.32. The van der Waals surface area contributed by atoms with Crippen molar-refractivity contribution in [1.82, 2.24) is 4.98 Å². The Labute approximate surface area is 335 Å². The van der Waals surface area contributed by atoms with Crippen molar-refractivity contribution in [3.8, 4) is 18.1 Å². The van der Waals surface area contributed by atoms with Crippen molar-refractivity contribution in [3.63, 3.8) is 0 Å². The second-order valence-electron chi connectivity index (χ2n) is 12.6. The molecule has 0 radical (unpaired) electrons. The van der Waals surface area contributed by atoms with Gasteiger partial charge in [-0.3, -0.25) is 15.0 Å². The van der Waals surface area contributed by atoms with Crippen molar-refractivity contribution in [2.75, 3.05) is 6.61 Å². The van der Waals surface area contributed by atoms with E-state index in [0.29, 0.717) is 18.3 Å². The van der Waals surface area contributed by atoms with Crippen LogP contribution in [0.25, 0.3) is 5.57 Å². The molecule has 5 nitrogen and oxygen atoms in total. The van der Waals surface area contributed by atoms with Crippen LogP contribution in [0.15, 0.2) is 76.5 Å². The smallest absolute Gasteiger partial charge is 0.122 e. The fraction of sp³-hybridized carbons (Fsp3) is 0.571. The molecule has 1 aliphatic rings. The van der Waals surface area contributed by atoms with Crippen molar-refractivity contribution < 1.29 is 9.84 Å². The van der Waals surface area contributed by atoms with E-state index < -0.39 is 0 Å². The molecule has 3 rings (SSSR count). The Morgan fingerprint density at radius 2 is 1.59 bits per heavy atom. The van der Waals surface area contributed by atoms with Gasteiger partial charge in [-0.15, -0.1) is 12.3 Å². The molecule has 1 aromatic heterocycles. The molecule has 0 spiro atoms. The fourth-order valence-corrected chi connectivity index (χ4v) is 6.00. The van der Waals surface area contributed by atoms with Crippen LogP contribution in [0.3, 0.4) is 0 Å². The molecule has 0 bridgehead atoms. The fourth-order valence-electron chi connectivity index (χ4n) is 6.00. The number of hydrogen-bond donors (Lipinski definition) is 1. The molecule has 0 saturated heterocycles. The normalized spacial score (nSPS) is 12.6. The first-order chi connectivity index (χ1) is 25.4. The Bertz CT molecular complexity index is 1420. The van der Waals surface area contributed by atoms with Crippen LogP contribution in [0, 0.1) is 24.7 Å². The van der Waals surface area contributed by atoms with Crippen LogP contribution in [-0.2, 0) is 13.0 Å². The Morgan fingerprint density at radius 1 is 1.02 bits per heavy atom. The first-order valence-electron chi connectivity index (χ1n) is 20.2. The summed E-state index contributed by atoms with van der Waals surface area (Å²) in [6.07, 6.45) is 18.1. The number of aromatic nitrogens is 1. The number of aliphatic imine (C=N–C) groups is 2. The minimum atomic E-state index is -0.0192. The number of benzene rings is 1. The number of terminal acetylenes is 1. The highest BCUT2D eigenvalue weighted by molar-refractivity contribution is 6.03. The Morgan fingerprint density at radius 3 is 2.04 bits per heavy atom. The second-order valence-corrected chi connectivity index (χ2v) is 12.6. The minimum absolute atomic E-state index is 0. The molecule has 1 unspecified atom stereocenters. The molecule has 5 heteroatoms. The predicted molar refractivity (Wildman–Crippen MR) is 245 cm³/mol. The van der Waals surface area contributed by atoms with E-state index in [0.717, 1.165) is 36.3 Å². The summed E-state index contributed by atoms with van der Waals surface area (Å²) < 4.78 is 5.63. The van der Waals surface area contributed by atoms with Crippen molar-refractivity contribution in [1.29, 1.82) is 0 Å². The predicted octanol–water partition coefficient (Wildman–Crippen LogP) is 14.4. The zero-order valence-electron chi connectivity index (χ0n) is 37.0. The highest BCUT2D eigenvalue weighted by Gasteiger charge is 2.26. The number of aliphatic hydroxyl groups is 1. The van der Waals surface area contributed by atoms with Gasteiger partial charge in [0.25, 0.3) is 0 Å². The summed E-state index contributed by atoms with van der Waals surface area (Å²) in [5.41, 5.74) is 10.7. The van der Waals surface area contributed by atoms with E-state index in [2.05, 4.69) is 102 Å². The summed E-state index contributed by atoms with van der Waals surface area (Å²) in [7, 11) is 0. The van der Waals surface area contributed by atoms with Gasteiger partial charge in [-0.2, -0.15) is 0 Å². The highest BCUT2D eigenvalue weighted by atomic mass is 16.5. The average Bonchev–Trinajstić information content (AvgIpc) is 3.16. The Kier molecular flexibility index (Phi) is 36.9. The number of nitrogens with zero attached hydrogens (tertiary/aromatic N) is 3. The van der Waals surface area contributed by atoms with E-state index in [9.17, 15) is 0 Å². The minimum Gasteiger partial charge on any atom is -0.494 e. The number of ether oxygens (including phenoxy) is 1. The largest absolute Gasteiger partial charge is 0.494 e. The molecule has 1 heterocycles. The lowest BCUT2D eigenvalue weighted by molar-refractivity contribution is 0.277. The van der Waals surface area contributed by atoms with Crippen LogP contribution in [0.1, 0.15) is 172 Å². The lowest BCUT2D eigenvalue weighted by Gasteiger charge is -2.30. The maximum absolute atomic E-state index is 9.04. The number of hydrogen-bond acceptors (Lipinski definition) is 5. The topological polar surface area (TPSA) is 67.1 Å². The van der Waals surface area contributed by atoms with Crippen LogP contribution in [0.5, 0.6) is 5.75 Å². The van der Waals surface area contributed by atoms with E-state index >= 15 is 0 Å². The molecule has 0 aliphatic heterocycles. The van der Waals surface area contributed by atoms with Gasteiger partial charge in [0, 0.05) is 29.2 Å². The molecule has 1 N–H and O–H groups in total. The zero-order valence-corrected chi connectivity index (χ0v) is 37.0. The number of aryl methyl sites for hydroxylation is 1. The van der Waals surface area contributed by atoms with Gasteiger partial charge in [0.2, 0.25) is 0 Å². The van der Waals surface area contributed by atoms with Crippen molar-refractivity contribution in [2.24, 2.45) is 15.4 Å². The lowest BCUT2D eigenvalue weighted by atomic mass is 9.77. The zero-order chi connectivity index (χ0) is 41.4. The molecular weight excluding hydrogens is 663 g/mol. The monoisotopic (exact) mass is 746 g/mol. The van der Waals surface area contributed by atoms with Gasteiger partial charge in [0.15, 0.2) is 0 Å². The molecule has 0 amide bonds. The molecule has 0 fully saturated rings. The number of aliphatic hydroxyl groups excluding tert-OH is 1. The molecule has 2 aromatic rings. The lowest BCUT2D eigenvalue weighted by Crippen LogP contribution is -2.27. The van der Waals surface area contributed by atoms with Gasteiger partial charge in [-0.1, -0.05) is 113 Å². The van der Waals surface area contributed by atoms with E-state index in [1.54, 1.807) is 13.1 Å². The van der Waals surface area contributed by atoms with E-state index in [4.69, 9.17) is 14.8 Å². The van der Waals surface area contributed by atoms with Gasteiger partial charge in [0.05, 0.1) is 24.9 Å². The van der Waals surface area contributed by atoms with E-state index in [1.165, 1.54) is 59.2 Å². The standard InChI is InChI=1S/C22H37NO.C17H20N2O.C3H4.3C2H6.CH4/c1-8-13-22(7,14-9-2)19(6)23-18(5)16-20-11-12-21(24-10-3)17(4)15-20;1-4-18-13(3)17-9-14(6-5-12(17)2)15-7-8-16(11-20)19-10-15;1-3-2;3*1-2;/h11-12,15,18H,8-10,13-14,16H2,1-7H3;4,7-10,20H,1,5-6,11H2,2-3H3;1H,2H3;3*1-2H3;1H4. The van der Waals surface area contributed by atoms with Crippen LogP contribution in [-0.4, -0.2) is 34.2 Å². The average molecular weight is 746 g/mol. The van der Waals surface area contributed by atoms with Crippen LogP contribution in [0.2, 0.25) is 0 Å². The molecule has 306 valence electrons. The van der Waals surface area contributed by atoms with Crippen LogP contribution < -0.4 is 4.74 Å². The summed E-state index contributed by atoms with van der Waals surface area (Å²) in [5, 5.41) is 9.04. The van der Waals surface area contributed by atoms with E-state index in [1.807, 2.05) is 73.7 Å².